The minimum Gasteiger partial charge on any atom is -0.312 e. The van der Waals surface area contributed by atoms with E-state index in [1.165, 1.54) is 103 Å². The predicted molar refractivity (Wildman–Crippen MR) is 118 cm³/mol. The Balaban J connectivity index is 1.58. The molecule has 0 radical (unpaired) electrons. The average Bonchev–Trinajstić information content (AvgIpc) is 2.61. The number of hydrogen-bond acceptors (Lipinski definition) is 2. The Kier molecular flexibility index (Phi) is 8.51. The number of hydrogen-bond donors (Lipinski definition) is 2. The molecule has 3 saturated carbocycles. The fourth-order valence-electron chi connectivity index (χ4n) is 6.78. The first-order chi connectivity index (χ1) is 13.1. The highest BCUT2D eigenvalue weighted by Gasteiger charge is 2.44. The summed E-state index contributed by atoms with van der Waals surface area (Å²) in [5, 5.41) is 7.97. The first-order valence-electron chi connectivity index (χ1n) is 12.6. The second kappa shape index (κ2) is 10.6. The zero-order valence-electron chi connectivity index (χ0n) is 18.7. The molecule has 0 amide bonds. The zero-order chi connectivity index (χ0) is 19.1. The van der Waals surface area contributed by atoms with E-state index in [4.69, 9.17) is 0 Å². The third kappa shape index (κ3) is 6.46. The van der Waals surface area contributed by atoms with Gasteiger partial charge in [-0.25, -0.2) is 0 Å². The lowest BCUT2D eigenvalue weighted by Gasteiger charge is -2.50. The van der Waals surface area contributed by atoms with Crippen LogP contribution in [-0.4, -0.2) is 24.2 Å². The molecule has 1 spiro atoms. The molecule has 0 heterocycles. The Labute approximate surface area is 170 Å². The van der Waals surface area contributed by atoms with Crippen molar-refractivity contribution >= 4 is 0 Å². The molecule has 27 heavy (non-hydrogen) atoms. The molecule has 0 bridgehead atoms. The molecule has 3 atom stereocenters. The quantitative estimate of drug-likeness (QED) is 0.547. The monoisotopic (exact) mass is 376 g/mol. The van der Waals surface area contributed by atoms with Crippen LogP contribution in [0.15, 0.2) is 0 Å². The summed E-state index contributed by atoms with van der Waals surface area (Å²) in [5.41, 5.74) is 0.685. The molecule has 0 saturated heterocycles. The van der Waals surface area contributed by atoms with Crippen LogP contribution in [0.2, 0.25) is 0 Å². The smallest absolute Gasteiger partial charge is 0.00724 e. The SMILES string of the molecule is CC(C)NC1CCC2(CCCCC2)C(CC(C)NC2CCCCCCC2)C1. The van der Waals surface area contributed by atoms with E-state index < -0.39 is 0 Å². The van der Waals surface area contributed by atoms with Crippen LogP contribution in [0.4, 0.5) is 0 Å². The van der Waals surface area contributed by atoms with Crippen molar-refractivity contribution in [2.24, 2.45) is 11.3 Å². The topological polar surface area (TPSA) is 24.1 Å². The fraction of sp³-hybridized carbons (Fsp3) is 1.00. The van der Waals surface area contributed by atoms with Crippen LogP contribution in [0.25, 0.3) is 0 Å². The largest absolute Gasteiger partial charge is 0.312 e. The summed E-state index contributed by atoms with van der Waals surface area (Å²) in [6.45, 7) is 7.13. The highest BCUT2D eigenvalue weighted by atomic mass is 15.0. The normalized spacial score (nSPS) is 31.6. The molecule has 3 aliphatic carbocycles. The molecule has 2 nitrogen and oxygen atoms in total. The van der Waals surface area contributed by atoms with E-state index in [1.807, 2.05) is 0 Å². The van der Waals surface area contributed by atoms with Crippen molar-refractivity contribution in [3.8, 4) is 0 Å². The summed E-state index contributed by atoms with van der Waals surface area (Å²) in [5.74, 6) is 0.929. The van der Waals surface area contributed by atoms with E-state index in [0.717, 1.165) is 18.0 Å². The Hall–Kier alpha value is -0.0800. The number of rotatable bonds is 6. The Bertz CT molecular complexity index is 405. The van der Waals surface area contributed by atoms with Crippen LogP contribution >= 0.6 is 0 Å². The molecule has 158 valence electrons. The minimum atomic E-state index is 0.626. The van der Waals surface area contributed by atoms with Crippen LogP contribution in [0.1, 0.15) is 124 Å². The maximum Gasteiger partial charge on any atom is 0.00724 e. The highest BCUT2D eigenvalue weighted by molar-refractivity contribution is 4.97. The zero-order valence-corrected chi connectivity index (χ0v) is 18.7. The molecule has 0 aliphatic heterocycles. The maximum absolute atomic E-state index is 4.09. The van der Waals surface area contributed by atoms with Gasteiger partial charge in [0.25, 0.3) is 0 Å². The van der Waals surface area contributed by atoms with Crippen molar-refractivity contribution in [2.75, 3.05) is 0 Å². The molecule has 3 aliphatic rings. The molecule has 3 rings (SSSR count). The van der Waals surface area contributed by atoms with Crippen molar-refractivity contribution < 1.29 is 0 Å². The second-order valence-electron chi connectivity index (χ2n) is 10.8. The van der Waals surface area contributed by atoms with Gasteiger partial charge in [-0.1, -0.05) is 65.2 Å². The van der Waals surface area contributed by atoms with E-state index >= 15 is 0 Å². The summed E-state index contributed by atoms with van der Waals surface area (Å²) in [6.07, 6.45) is 23.3. The van der Waals surface area contributed by atoms with Gasteiger partial charge in [0.05, 0.1) is 0 Å². The van der Waals surface area contributed by atoms with Gasteiger partial charge in [-0.15, -0.1) is 0 Å². The first-order valence-corrected chi connectivity index (χ1v) is 12.6. The predicted octanol–water partition coefficient (Wildman–Crippen LogP) is 6.58. The Morgan fingerprint density at radius 1 is 0.704 bits per heavy atom. The Morgan fingerprint density at radius 2 is 1.33 bits per heavy atom. The van der Waals surface area contributed by atoms with Crippen molar-refractivity contribution in [3.63, 3.8) is 0 Å². The van der Waals surface area contributed by atoms with Crippen molar-refractivity contribution in [2.45, 2.75) is 148 Å². The third-order valence-corrected chi connectivity index (χ3v) is 8.11. The van der Waals surface area contributed by atoms with Gasteiger partial charge in [-0.2, -0.15) is 0 Å². The lowest BCUT2D eigenvalue weighted by molar-refractivity contribution is 0.0214. The van der Waals surface area contributed by atoms with Gasteiger partial charge in [0.1, 0.15) is 0 Å². The van der Waals surface area contributed by atoms with Gasteiger partial charge in [0.2, 0.25) is 0 Å². The molecular formula is C25H48N2. The van der Waals surface area contributed by atoms with Gasteiger partial charge in [-0.3, -0.25) is 0 Å². The maximum atomic E-state index is 4.09. The summed E-state index contributed by atoms with van der Waals surface area (Å²) in [7, 11) is 0. The van der Waals surface area contributed by atoms with Crippen molar-refractivity contribution in [3.05, 3.63) is 0 Å². The van der Waals surface area contributed by atoms with Crippen molar-refractivity contribution in [1.29, 1.82) is 0 Å². The summed E-state index contributed by atoms with van der Waals surface area (Å²) >= 11 is 0. The van der Waals surface area contributed by atoms with E-state index in [1.54, 1.807) is 0 Å². The summed E-state index contributed by atoms with van der Waals surface area (Å²) in [4.78, 5) is 0. The first kappa shape index (κ1) is 21.6. The van der Waals surface area contributed by atoms with Crippen LogP contribution < -0.4 is 10.6 Å². The minimum absolute atomic E-state index is 0.626. The molecule has 3 fully saturated rings. The Morgan fingerprint density at radius 3 is 2.00 bits per heavy atom. The molecule has 2 heteroatoms. The van der Waals surface area contributed by atoms with Crippen LogP contribution in [0.3, 0.4) is 0 Å². The summed E-state index contributed by atoms with van der Waals surface area (Å²) in [6, 6.07) is 2.87. The second-order valence-corrected chi connectivity index (χ2v) is 10.8. The molecule has 3 unspecified atom stereocenters. The average molecular weight is 377 g/mol. The fourth-order valence-corrected chi connectivity index (χ4v) is 6.78. The molecule has 2 N–H and O–H groups in total. The number of nitrogens with one attached hydrogen (secondary N) is 2. The van der Waals surface area contributed by atoms with Gasteiger partial charge >= 0.3 is 0 Å². The van der Waals surface area contributed by atoms with Gasteiger partial charge < -0.3 is 10.6 Å². The third-order valence-electron chi connectivity index (χ3n) is 8.11. The van der Waals surface area contributed by atoms with Crippen LogP contribution in [-0.2, 0) is 0 Å². The van der Waals surface area contributed by atoms with E-state index in [2.05, 4.69) is 31.4 Å². The molecule has 0 aromatic rings. The van der Waals surface area contributed by atoms with Gasteiger partial charge in [0, 0.05) is 24.2 Å². The van der Waals surface area contributed by atoms with E-state index in [9.17, 15) is 0 Å². The van der Waals surface area contributed by atoms with Crippen LogP contribution in [0, 0.1) is 11.3 Å². The molecular weight excluding hydrogens is 328 g/mol. The van der Waals surface area contributed by atoms with Crippen molar-refractivity contribution in [1.82, 2.24) is 10.6 Å². The standard InChI is InChI=1S/C25H48N2/c1-20(2)26-24-14-17-25(15-10-7-11-16-25)22(19-24)18-21(3)27-23-12-8-5-4-6-9-13-23/h20-24,26-27H,4-19H2,1-3H3. The van der Waals surface area contributed by atoms with Gasteiger partial charge in [0.15, 0.2) is 0 Å². The van der Waals surface area contributed by atoms with E-state index in [-0.39, 0.29) is 0 Å². The lowest BCUT2D eigenvalue weighted by atomic mass is 9.57. The lowest BCUT2D eigenvalue weighted by Crippen LogP contribution is -2.48. The van der Waals surface area contributed by atoms with Crippen LogP contribution in [0.5, 0.6) is 0 Å². The molecule has 0 aromatic carbocycles. The van der Waals surface area contributed by atoms with Gasteiger partial charge in [-0.05, 0) is 69.6 Å². The summed E-state index contributed by atoms with van der Waals surface area (Å²) < 4.78 is 0. The highest BCUT2D eigenvalue weighted by Crippen LogP contribution is 2.52. The van der Waals surface area contributed by atoms with E-state index in [0.29, 0.717) is 17.5 Å². The molecule has 0 aromatic heterocycles.